The molecule has 2 unspecified atom stereocenters. The highest BCUT2D eigenvalue weighted by molar-refractivity contribution is 9.10. The Kier molecular flexibility index (Phi) is 10.9. The predicted molar refractivity (Wildman–Crippen MR) is 157 cm³/mol. The van der Waals surface area contributed by atoms with Crippen molar-refractivity contribution in [2.45, 2.75) is 52.4 Å². The first-order chi connectivity index (χ1) is 20.0. The highest BCUT2D eigenvalue weighted by atomic mass is 79.9. The molecule has 4 atom stereocenters. The Balaban J connectivity index is 1.48. The first kappa shape index (κ1) is 31.9. The minimum absolute atomic E-state index is 0.0213. The van der Waals surface area contributed by atoms with Gasteiger partial charge in [0.1, 0.15) is 25.0 Å². The average molecular weight is 666 g/mol. The summed E-state index contributed by atoms with van der Waals surface area (Å²) in [5.74, 6) is -0.345. The Morgan fingerprint density at radius 3 is 2.57 bits per heavy atom. The molecular weight excluding hydrogens is 633 g/mol. The van der Waals surface area contributed by atoms with Gasteiger partial charge in [-0.2, -0.15) is 5.09 Å². The second-order valence-corrected chi connectivity index (χ2v) is 12.7. The highest BCUT2D eigenvalue weighted by Crippen LogP contribution is 2.46. The normalized spacial score (nSPS) is 18.9. The van der Waals surface area contributed by atoms with Crippen LogP contribution in [0.15, 0.2) is 74.9 Å². The van der Waals surface area contributed by atoms with Crippen molar-refractivity contribution in [2.24, 2.45) is 5.92 Å². The average Bonchev–Trinajstić information content (AvgIpc) is 3.43. The van der Waals surface area contributed by atoms with Crippen LogP contribution in [0.5, 0.6) is 5.75 Å². The summed E-state index contributed by atoms with van der Waals surface area (Å²) in [4.78, 5) is 39.3. The molecule has 1 saturated heterocycles. The van der Waals surface area contributed by atoms with Crippen molar-refractivity contribution in [1.82, 2.24) is 14.6 Å². The standard InChI is InChI=1S/C28H33BrN3O9P/c1-18(2)13-23(27(34)38-15-20-7-5-4-6-8-20)31-42(36,41-22-11-9-21(29)10-12-22)39-17-25-37-16-24(40-25)32-14-19(3)26(33)30-28(32)35/h4-12,14,18,23-25H,13,15-17H2,1-3H3,(H,31,36)(H,30,33,35)/t23?,24-,25-,42?/m1/s1. The van der Waals surface area contributed by atoms with Gasteiger partial charge in [0.2, 0.25) is 0 Å². The number of halogens is 1. The third-order valence-electron chi connectivity index (χ3n) is 6.14. The maximum Gasteiger partial charge on any atom is 0.459 e. The Bertz CT molecular complexity index is 1510. The summed E-state index contributed by atoms with van der Waals surface area (Å²) < 4.78 is 44.5. The van der Waals surface area contributed by atoms with Gasteiger partial charge < -0.3 is 18.7 Å². The van der Waals surface area contributed by atoms with Crippen LogP contribution in [-0.4, -0.2) is 41.1 Å². The molecule has 42 heavy (non-hydrogen) atoms. The van der Waals surface area contributed by atoms with E-state index in [-0.39, 0.29) is 37.9 Å². The number of carbonyl (C=O) groups excluding carboxylic acids is 1. The molecule has 0 aliphatic carbocycles. The molecule has 1 aliphatic rings. The molecule has 0 saturated carbocycles. The fourth-order valence-corrected chi connectivity index (χ4v) is 5.81. The molecule has 1 fully saturated rings. The van der Waals surface area contributed by atoms with Gasteiger partial charge >= 0.3 is 19.4 Å². The maximum atomic E-state index is 14.1. The number of benzene rings is 2. The van der Waals surface area contributed by atoms with Gasteiger partial charge in [-0.05, 0) is 49.1 Å². The van der Waals surface area contributed by atoms with E-state index in [0.29, 0.717) is 5.56 Å². The highest BCUT2D eigenvalue weighted by Gasteiger charge is 2.37. The molecular formula is C28H33BrN3O9P. The van der Waals surface area contributed by atoms with E-state index in [1.54, 1.807) is 31.2 Å². The maximum absolute atomic E-state index is 14.1. The molecule has 3 aromatic rings. The van der Waals surface area contributed by atoms with Gasteiger partial charge in [-0.25, -0.2) is 9.36 Å². The number of rotatable bonds is 13. The first-order valence-electron chi connectivity index (χ1n) is 13.3. The second-order valence-electron chi connectivity index (χ2n) is 10.1. The fraction of sp³-hybridized carbons (Fsp3) is 0.393. The predicted octanol–water partition coefficient (Wildman–Crippen LogP) is 4.43. The van der Waals surface area contributed by atoms with Gasteiger partial charge in [0, 0.05) is 16.2 Å². The molecule has 1 aromatic heterocycles. The van der Waals surface area contributed by atoms with E-state index in [2.05, 4.69) is 26.0 Å². The van der Waals surface area contributed by atoms with Crippen LogP contribution in [0, 0.1) is 12.8 Å². The van der Waals surface area contributed by atoms with E-state index in [9.17, 15) is 18.9 Å². The number of carbonyl (C=O) groups is 1. The van der Waals surface area contributed by atoms with E-state index < -0.39 is 43.5 Å². The Morgan fingerprint density at radius 2 is 1.88 bits per heavy atom. The SMILES string of the molecule is Cc1cn([C@H]2CO[C@@H](COP(=O)(NC(CC(C)C)C(=O)OCc3ccccc3)Oc3ccc(Br)cc3)O2)c(=O)[nH]c1=O. The van der Waals surface area contributed by atoms with Gasteiger partial charge in [0.25, 0.3) is 5.56 Å². The van der Waals surface area contributed by atoms with Crippen molar-refractivity contribution in [3.63, 3.8) is 0 Å². The Labute approximate surface area is 251 Å². The van der Waals surface area contributed by atoms with Crippen LogP contribution in [0.3, 0.4) is 0 Å². The summed E-state index contributed by atoms with van der Waals surface area (Å²) in [5, 5.41) is 2.77. The number of aromatic amines is 1. The van der Waals surface area contributed by atoms with Crippen molar-refractivity contribution < 1.29 is 32.6 Å². The van der Waals surface area contributed by atoms with Crippen LogP contribution < -0.4 is 20.9 Å². The van der Waals surface area contributed by atoms with Crippen LogP contribution in [0.2, 0.25) is 0 Å². The molecule has 0 radical (unpaired) electrons. The zero-order chi connectivity index (χ0) is 30.3. The van der Waals surface area contributed by atoms with E-state index in [4.69, 9.17) is 23.3 Å². The summed E-state index contributed by atoms with van der Waals surface area (Å²) in [7, 11) is -4.23. The number of aryl methyl sites for hydroxylation is 1. The molecule has 2 aromatic carbocycles. The zero-order valence-corrected chi connectivity index (χ0v) is 25.8. The number of ether oxygens (including phenoxy) is 3. The molecule has 0 spiro atoms. The molecule has 0 bridgehead atoms. The molecule has 2 N–H and O–H groups in total. The number of H-pyrrole nitrogens is 1. The summed E-state index contributed by atoms with van der Waals surface area (Å²) in [6, 6.07) is 14.8. The summed E-state index contributed by atoms with van der Waals surface area (Å²) in [6.45, 7) is 5.06. The molecule has 0 amide bonds. The van der Waals surface area contributed by atoms with Gasteiger partial charge in [-0.15, -0.1) is 0 Å². The Hall–Kier alpha value is -3.06. The summed E-state index contributed by atoms with van der Waals surface area (Å²) in [5.41, 5.74) is -0.0194. The number of nitrogens with zero attached hydrogens (tertiary/aromatic N) is 1. The smallest absolute Gasteiger partial charge is 0.459 e. The molecule has 4 rings (SSSR count). The zero-order valence-electron chi connectivity index (χ0n) is 23.4. The molecule has 1 aliphatic heterocycles. The third-order valence-corrected chi connectivity index (χ3v) is 8.24. The lowest BCUT2D eigenvalue weighted by Crippen LogP contribution is -2.39. The third kappa shape index (κ3) is 8.97. The lowest BCUT2D eigenvalue weighted by Gasteiger charge is -2.26. The van der Waals surface area contributed by atoms with E-state index >= 15 is 0 Å². The number of aromatic nitrogens is 2. The topological polar surface area (TPSA) is 147 Å². The number of nitrogens with one attached hydrogen (secondary N) is 2. The second kappa shape index (κ2) is 14.4. The van der Waals surface area contributed by atoms with Gasteiger partial charge in [0.05, 0.1) is 6.61 Å². The number of hydrogen-bond acceptors (Lipinski definition) is 9. The molecule has 14 heteroatoms. The van der Waals surface area contributed by atoms with Crippen molar-refractivity contribution >= 4 is 29.6 Å². The Morgan fingerprint density at radius 1 is 1.17 bits per heavy atom. The van der Waals surface area contributed by atoms with E-state index in [1.165, 1.54) is 10.8 Å². The monoisotopic (exact) mass is 665 g/mol. The van der Waals surface area contributed by atoms with Crippen molar-refractivity contribution in [1.29, 1.82) is 0 Å². The van der Waals surface area contributed by atoms with Crippen LogP contribution in [0.4, 0.5) is 0 Å². The number of esters is 1. The van der Waals surface area contributed by atoms with E-state index in [1.807, 2.05) is 44.2 Å². The van der Waals surface area contributed by atoms with Gasteiger partial charge in [-0.3, -0.25) is 23.7 Å². The van der Waals surface area contributed by atoms with Gasteiger partial charge in [0.15, 0.2) is 12.5 Å². The summed E-state index contributed by atoms with van der Waals surface area (Å²) >= 11 is 3.35. The van der Waals surface area contributed by atoms with Gasteiger partial charge in [-0.1, -0.05) is 60.1 Å². The van der Waals surface area contributed by atoms with Crippen molar-refractivity contribution in [2.75, 3.05) is 13.2 Å². The molecule has 226 valence electrons. The van der Waals surface area contributed by atoms with Crippen molar-refractivity contribution in [3.8, 4) is 5.75 Å². The number of hydrogen-bond donors (Lipinski definition) is 2. The fourth-order valence-electron chi connectivity index (χ4n) is 4.05. The largest absolute Gasteiger partial charge is 0.460 e. The first-order valence-corrected chi connectivity index (χ1v) is 15.6. The quantitative estimate of drug-likeness (QED) is 0.198. The summed E-state index contributed by atoms with van der Waals surface area (Å²) in [6.07, 6.45) is -0.203. The van der Waals surface area contributed by atoms with E-state index in [0.717, 1.165) is 10.0 Å². The van der Waals surface area contributed by atoms with Crippen LogP contribution in [0.1, 0.15) is 37.6 Å². The minimum Gasteiger partial charge on any atom is -0.460 e. The van der Waals surface area contributed by atoms with Crippen LogP contribution in [-0.2, 0) is 34.7 Å². The molecule has 12 nitrogen and oxygen atoms in total. The van der Waals surface area contributed by atoms with Crippen LogP contribution in [0.25, 0.3) is 0 Å². The van der Waals surface area contributed by atoms with Crippen LogP contribution >= 0.6 is 23.7 Å². The lowest BCUT2D eigenvalue weighted by atomic mass is 10.1. The minimum atomic E-state index is -4.23. The molecule has 2 heterocycles. The van der Waals surface area contributed by atoms with Crippen molar-refractivity contribution in [3.05, 3.63) is 97.2 Å². The lowest BCUT2D eigenvalue weighted by molar-refractivity contribution is -0.147.